The van der Waals surface area contributed by atoms with E-state index in [2.05, 4.69) is 0 Å². The van der Waals surface area contributed by atoms with Crippen molar-refractivity contribution < 1.29 is 9.90 Å². The van der Waals surface area contributed by atoms with Gasteiger partial charge in [-0.05, 0) is 18.1 Å². The third-order valence-corrected chi connectivity index (χ3v) is 3.23. The topological polar surface area (TPSA) is 37.3 Å². The van der Waals surface area contributed by atoms with Crippen LogP contribution in [0.25, 0.3) is 0 Å². The van der Waals surface area contributed by atoms with Gasteiger partial charge in [0.15, 0.2) is 5.78 Å². The summed E-state index contributed by atoms with van der Waals surface area (Å²) in [6, 6.07) is 6.83. The summed E-state index contributed by atoms with van der Waals surface area (Å²) in [5.41, 5.74) is 0.406. The first-order chi connectivity index (χ1) is 7.61. The zero-order valence-electron chi connectivity index (χ0n) is 9.61. The monoisotopic (exact) mass is 240 g/mol. The standard InChI is InChI=1S/C13H17ClO2/c1-3-9(4-2)12(15)13(16)10-7-5-6-8-11(10)14/h5-9,12,15H,3-4H2,1-2H3. The molecule has 16 heavy (non-hydrogen) atoms. The van der Waals surface area contributed by atoms with Crippen LogP contribution in [0.2, 0.25) is 5.02 Å². The molecule has 0 bridgehead atoms. The molecule has 1 unspecified atom stereocenters. The molecule has 0 aliphatic rings. The largest absolute Gasteiger partial charge is 0.385 e. The van der Waals surface area contributed by atoms with Crippen molar-refractivity contribution in [2.24, 2.45) is 5.92 Å². The van der Waals surface area contributed by atoms with Crippen molar-refractivity contribution in [3.05, 3.63) is 34.9 Å². The SMILES string of the molecule is CCC(CC)C(O)C(=O)c1ccccc1Cl. The van der Waals surface area contributed by atoms with Gasteiger partial charge in [-0.2, -0.15) is 0 Å². The highest BCUT2D eigenvalue weighted by atomic mass is 35.5. The number of rotatable bonds is 5. The van der Waals surface area contributed by atoms with E-state index in [0.717, 1.165) is 12.8 Å². The molecular formula is C13H17ClO2. The minimum Gasteiger partial charge on any atom is -0.385 e. The molecule has 1 N–H and O–H groups in total. The summed E-state index contributed by atoms with van der Waals surface area (Å²) in [6.45, 7) is 3.94. The molecule has 0 amide bonds. The van der Waals surface area contributed by atoms with E-state index in [1.807, 2.05) is 13.8 Å². The summed E-state index contributed by atoms with van der Waals surface area (Å²) in [5, 5.41) is 10.3. The number of carbonyl (C=O) groups excluding carboxylic acids is 1. The first-order valence-electron chi connectivity index (χ1n) is 5.58. The van der Waals surface area contributed by atoms with Gasteiger partial charge in [0.05, 0.1) is 5.02 Å². The third-order valence-electron chi connectivity index (χ3n) is 2.90. The lowest BCUT2D eigenvalue weighted by atomic mass is 9.91. The predicted octanol–water partition coefficient (Wildman–Crippen LogP) is 3.32. The molecule has 0 saturated heterocycles. The van der Waals surface area contributed by atoms with Gasteiger partial charge in [0.25, 0.3) is 0 Å². The van der Waals surface area contributed by atoms with Crippen LogP contribution in [0.15, 0.2) is 24.3 Å². The number of hydrogen-bond donors (Lipinski definition) is 1. The van der Waals surface area contributed by atoms with Crippen LogP contribution in [0.3, 0.4) is 0 Å². The Bertz CT molecular complexity index is 359. The lowest BCUT2D eigenvalue weighted by molar-refractivity contribution is 0.0588. The van der Waals surface area contributed by atoms with Gasteiger partial charge in [0.2, 0.25) is 0 Å². The van der Waals surface area contributed by atoms with E-state index < -0.39 is 6.10 Å². The zero-order chi connectivity index (χ0) is 12.1. The molecule has 88 valence electrons. The van der Waals surface area contributed by atoms with E-state index in [0.29, 0.717) is 10.6 Å². The Kier molecular flexibility index (Phi) is 4.97. The highest BCUT2D eigenvalue weighted by Gasteiger charge is 2.25. The third kappa shape index (κ3) is 2.83. The van der Waals surface area contributed by atoms with Crippen molar-refractivity contribution in [1.82, 2.24) is 0 Å². The number of carbonyl (C=O) groups is 1. The Morgan fingerprint density at radius 2 is 1.88 bits per heavy atom. The van der Waals surface area contributed by atoms with Crippen LogP contribution in [0.5, 0.6) is 0 Å². The fraction of sp³-hybridized carbons (Fsp3) is 0.462. The van der Waals surface area contributed by atoms with E-state index in [9.17, 15) is 9.90 Å². The number of hydrogen-bond acceptors (Lipinski definition) is 2. The van der Waals surface area contributed by atoms with Crippen LogP contribution in [-0.4, -0.2) is 17.0 Å². The van der Waals surface area contributed by atoms with E-state index in [1.54, 1.807) is 24.3 Å². The van der Waals surface area contributed by atoms with Crippen molar-refractivity contribution in [3.8, 4) is 0 Å². The Balaban J connectivity index is 2.90. The Morgan fingerprint density at radius 3 is 2.38 bits per heavy atom. The Hall–Kier alpha value is -0.860. The summed E-state index contributed by atoms with van der Waals surface area (Å²) in [6.07, 6.45) is 0.622. The second-order valence-electron chi connectivity index (χ2n) is 3.87. The van der Waals surface area contributed by atoms with Crippen molar-refractivity contribution >= 4 is 17.4 Å². The lowest BCUT2D eigenvalue weighted by Crippen LogP contribution is -2.29. The summed E-state index contributed by atoms with van der Waals surface area (Å²) >= 11 is 5.92. The Labute approximate surface area is 101 Å². The summed E-state index contributed by atoms with van der Waals surface area (Å²) in [7, 11) is 0. The van der Waals surface area contributed by atoms with Crippen LogP contribution < -0.4 is 0 Å². The molecule has 0 aromatic heterocycles. The molecule has 3 heteroatoms. The van der Waals surface area contributed by atoms with Gasteiger partial charge in [0, 0.05) is 5.56 Å². The molecular weight excluding hydrogens is 224 g/mol. The number of halogens is 1. The second kappa shape index (κ2) is 6.02. The summed E-state index contributed by atoms with van der Waals surface area (Å²) < 4.78 is 0. The second-order valence-corrected chi connectivity index (χ2v) is 4.27. The fourth-order valence-electron chi connectivity index (χ4n) is 1.77. The maximum absolute atomic E-state index is 12.0. The van der Waals surface area contributed by atoms with Gasteiger partial charge in [0.1, 0.15) is 6.10 Å². The molecule has 1 aromatic carbocycles. The van der Waals surface area contributed by atoms with Gasteiger partial charge in [-0.25, -0.2) is 0 Å². The number of Topliss-reactive ketones (excluding diaryl/α,β-unsaturated/α-hetero) is 1. The molecule has 0 aliphatic heterocycles. The van der Waals surface area contributed by atoms with Gasteiger partial charge in [-0.15, -0.1) is 0 Å². The maximum atomic E-state index is 12.0. The van der Waals surface area contributed by atoms with Crippen LogP contribution >= 0.6 is 11.6 Å². The van der Waals surface area contributed by atoms with Crippen LogP contribution in [0, 0.1) is 5.92 Å². The molecule has 1 rings (SSSR count). The van der Waals surface area contributed by atoms with Gasteiger partial charge in [-0.3, -0.25) is 4.79 Å². The van der Waals surface area contributed by atoms with Crippen LogP contribution in [0.1, 0.15) is 37.0 Å². The molecule has 0 fully saturated rings. The minimum atomic E-state index is -0.949. The molecule has 0 radical (unpaired) electrons. The number of benzene rings is 1. The Morgan fingerprint density at radius 1 is 1.31 bits per heavy atom. The average molecular weight is 241 g/mol. The van der Waals surface area contributed by atoms with Gasteiger partial charge in [-0.1, -0.05) is 50.4 Å². The molecule has 1 aromatic rings. The lowest BCUT2D eigenvalue weighted by Gasteiger charge is -2.19. The summed E-state index contributed by atoms with van der Waals surface area (Å²) in [5.74, 6) is -0.275. The highest BCUT2D eigenvalue weighted by Crippen LogP contribution is 2.22. The minimum absolute atomic E-state index is 0.00349. The fourth-order valence-corrected chi connectivity index (χ4v) is 2.00. The van der Waals surface area contributed by atoms with Crippen LogP contribution in [0.4, 0.5) is 0 Å². The van der Waals surface area contributed by atoms with Crippen molar-refractivity contribution in [2.45, 2.75) is 32.8 Å². The van der Waals surface area contributed by atoms with Gasteiger partial charge < -0.3 is 5.11 Å². The molecule has 1 atom stereocenters. The smallest absolute Gasteiger partial charge is 0.193 e. The molecule has 2 nitrogen and oxygen atoms in total. The number of ketones is 1. The first-order valence-corrected chi connectivity index (χ1v) is 5.96. The maximum Gasteiger partial charge on any atom is 0.193 e. The van der Waals surface area contributed by atoms with Gasteiger partial charge >= 0.3 is 0 Å². The quantitative estimate of drug-likeness (QED) is 0.802. The van der Waals surface area contributed by atoms with Crippen molar-refractivity contribution in [2.75, 3.05) is 0 Å². The van der Waals surface area contributed by atoms with Crippen LogP contribution in [-0.2, 0) is 0 Å². The molecule has 0 saturated carbocycles. The van der Waals surface area contributed by atoms with Crippen molar-refractivity contribution in [3.63, 3.8) is 0 Å². The normalized spacial score (nSPS) is 12.8. The van der Waals surface area contributed by atoms with E-state index >= 15 is 0 Å². The summed E-state index contributed by atoms with van der Waals surface area (Å²) in [4.78, 5) is 12.0. The molecule has 0 heterocycles. The molecule has 0 aliphatic carbocycles. The predicted molar refractivity (Wildman–Crippen MR) is 65.9 cm³/mol. The number of aliphatic hydroxyl groups is 1. The number of aliphatic hydroxyl groups excluding tert-OH is 1. The van der Waals surface area contributed by atoms with E-state index in [4.69, 9.17) is 11.6 Å². The van der Waals surface area contributed by atoms with E-state index in [1.165, 1.54) is 0 Å². The highest BCUT2D eigenvalue weighted by molar-refractivity contribution is 6.34. The average Bonchev–Trinajstić information content (AvgIpc) is 2.30. The first kappa shape index (κ1) is 13.2. The van der Waals surface area contributed by atoms with E-state index in [-0.39, 0.29) is 11.7 Å². The molecule has 0 spiro atoms. The van der Waals surface area contributed by atoms with Crippen molar-refractivity contribution in [1.29, 1.82) is 0 Å². The zero-order valence-corrected chi connectivity index (χ0v) is 10.4.